The summed E-state index contributed by atoms with van der Waals surface area (Å²) >= 11 is 1.88. The van der Waals surface area contributed by atoms with Gasteiger partial charge in [-0.3, -0.25) is 4.79 Å². The Balaban J connectivity index is 1.87. The van der Waals surface area contributed by atoms with E-state index in [1.165, 1.54) is 10.5 Å². The zero-order valence-corrected chi connectivity index (χ0v) is 15.4. The fourth-order valence-corrected chi connectivity index (χ4v) is 5.66. The molecule has 0 bridgehead atoms. The molecule has 2 heterocycles. The lowest BCUT2D eigenvalue weighted by Gasteiger charge is -2.49. The van der Waals surface area contributed by atoms with E-state index >= 15 is 0 Å². The first-order valence-electron chi connectivity index (χ1n) is 8.44. The number of carbonyl (C=O) groups excluding carboxylic acids is 1. The number of carbonyl (C=O) groups is 1. The summed E-state index contributed by atoms with van der Waals surface area (Å²) in [5, 5.41) is 3.71. The first-order valence-corrected chi connectivity index (χ1v) is 9.42. The molecule has 1 amide bonds. The smallest absolute Gasteiger partial charge is 0.248 e. The van der Waals surface area contributed by atoms with Crippen molar-refractivity contribution in [2.75, 3.05) is 18.2 Å². The Kier molecular flexibility index (Phi) is 3.72. The average Bonchev–Trinajstić information content (AvgIpc) is 2.60. The third-order valence-electron chi connectivity index (χ3n) is 5.61. The summed E-state index contributed by atoms with van der Waals surface area (Å²) in [6, 6.07) is 12.2. The third kappa shape index (κ3) is 2.41. The fraction of sp³-hybridized carbons (Fsp3) is 0.350. The van der Waals surface area contributed by atoms with E-state index in [9.17, 15) is 4.79 Å². The molecule has 0 aliphatic carbocycles. The van der Waals surface area contributed by atoms with E-state index in [0.29, 0.717) is 11.5 Å². The molecule has 4 rings (SSSR count). The van der Waals surface area contributed by atoms with Gasteiger partial charge in [-0.25, -0.2) is 0 Å². The zero-order valence-electron chi connectivity index (χ0n) is 14.6. The summed E-state index contributed by atoms with van der Waals surface area (Å²) in [5.41, 5.74) is 9.44. The van der Waals surface area contributed by atoms with Crippen molar-refractivity contribution in [2.45, 2.75) is 30.2 Å². The average molecular weight is 354 g/mol. The Labute approximate surface area is 152 Å². The number of benzene rings is 2. The van der Waals surface area contributed by atoms with Crippen molar-refractivity contribution in [1.82, 2.24) is 0 Å². The normalized spacial score (nSPS) is 22.8. The highest BCUT2D eigenvalue weighted by atomic mass is 32.2. The van der Waals surface area contributed by atoms with Crippen molar-refractivity contribution in [1.29, 1.82) is 0 Å². The highest BCUT2D eigenvalue weighted by Gasteiger charge is 2.46. The molecule has 4 nitrogen and oxygen atoms in total. The monoisotopic (exact) mass is 354 g/mol. The molecule has 5 heteroatoms. The summed E-state index contributed by atoms with van der Waals surface area (Å²) in [7, 11) is 1.73. The van der Waals surface area contributed by atoms with Gasteiger partial charge in [0.25, 0.3) is 0 Å². The molecule has 2 atom stereocenters. The van der Waals surface area contributed by atoms with Crippen LogP contribution in [-0.2, 0) is 5.41 Å². The molecular formula is C20H22N2O2S. The predicted molar refractivity (Wildman–Crippen MR) is 102 cm³/mol. The van der Waals surface area contributed by atoms with Crippen molar-refractivity contribution in [3.05, 3.63) is 53.1 Å². The second-order valence-corrected chi connectivity index (χ2v) is 8.32. The van der Waals surface area contributed by atoms with Crippen LogP contribution in [0.3, 0.4) is 0 Å². The van der Waals surface area contributed by atoms with E-state index in [4.69, 9.17) is 10.5 Å². The van der Waals surface area contributed by atoms with Gasteiger partial charge in [-0.05, 0) is 41.3 Å². The van der Waals surface area contributed by atoms with E-state index in [1.807, 2.05) is 36.0 Å². The highest BCUT2D eigenvalue weighted by Crippen LogP contribution is 2.55. The van der Waals surface area contributed by atoms with Crippen LogP contribution in [0.2, 0.25) is 0 Å². The minimum absolute atomic E-state index is 0.0811. The number of hydrogen-bond donors (Lipinski definition) is 2. The molecule has 130 valence electrons. The van der Waals surface area contributed by atoms with Crippen LogP contribution in [-0.4, -0.2) is 18.8 Å². The Morgan fingerprint density at radius 3 is 2.84 bits per heavy atom. The number of hydrogen-bond acceptors (Lipinski definition) is 4. The Bertz CT molecular complexity index is 849. The molecule has 0 fully saturated rings. The van der Waals surface area contributed by atoms with E-state index in [0.717, 1.165) is 22.8 Å². The second-order valence-electron chi connectivity index (χ2n) is 7.26. The minimum Gasteiger partial charge on any atom is -0.496 e. The minimum atomic E-state index is -0.384. The molecule has 2 aromatic carbocycles. The summed E-state index contributed by atoms with van der Waals surface area (Å²) in [5.74, 6) is 1.95. The Morgan fingerprint density at radius 2 is 2.12 bits per heavy atom. The van der Waals surface area contributed by atoms with Gasteiger partial charge in [0, 0.05) is 33.4 Å². The SMILES string of the molecule is COc1cccc2c1C1Nc3ccc(C(N)=O)cc3C(C)(C)C1CS2. The topological polar surface area (TPSA) is 64.3 Å². The molecule has 2 unspecified atom stereocenters. The molecule has 2 aliphatic rings. The maximum atomic E-state index is 11.6. The highest BCUT2D eigenvalue weighted by molar-refractivity contribution is 7.99. The van der Waals surface area contributed by atoms with Crippen LogP contribution in [0.4, 0.5) is 5.69 Å². The first-order chi connectivity index (χ1) is 11.9. The Hall–Kier alpha value is -2.14. The number of nitrogens with one attached hydrogen (secondary N) is 1. The van der Waals surface area contributed by atoms with Crippen LogP contribution in [0.15, 0.2) is 41.3 Å². The van der Waals surface area contributed by atoms with Crippen LogP contribution >= 0.6 is 11.8 Å². The molecule has 3 N–H and O–H groups in total. The number of ether oxygens (including phenoxy) is 1. The van der Waals surface area contributed by atoms with Crippen LogP contribution in [0.25, 0.3) is 0 Å². The summed E-state index contributed by atoms with van der Waals surface area (Å²) < 4.78 is 5.65. The van der Waals surface area contributed by atoms with Gasteiger partial charge in [0.2, 0.25) is 5.91 Å². The lowest BCUT2D eigenvalue weighted by molar-refractivity contribution is 0.1000. The number of nitrogens with two attached hydrogens (primary N) is 1. The number of thioether (sulfide) groups is 1. The van der Waals surface area contributed by atoms with Gasteiger partial charge in [0.1, 0.15) is 5.75 Å². The number of primary amides is 1. The van der Waals surface area contributed by atoms with Gasteiger partial charge in [-0.1, -0.05) is 19.9 Å². The molecule has 0 saturated heterocycles. The van der Waals surface area contributed by atoms with Crippen LogP contribution < -0.4 is 15.8 Å². The van der Waals surface area contributed by atoms with Gasteiger partial charge in [0.15, 0.2) is 0 Å². The van der Waals surface area contributed by atoms with E-state index in [2.05, 4.69) is 25.2 Å². The number of rotatable bonds is 2. The molecule has 25 heavy (non-hydrogen) atoms. The van der Waals surface area contributed by atoms with E-state index in [-0.39, 0.29) is 17.4 Å². The van der Waals surface area contributed by atoms with Crippen LogP contribution in [0.1, 0.15) is 41.4 Å². The largest absolute Gasteiger partial charge is 0.496 e. The van der Waals surface area contributed by atoms with E-state index in [1.54, 1.807) is 13.2 Å². The summed E-state index contributed by atoms with van der Waals surface area (Å²) in [6.07, 6.45) is 0. The van der Waals surface area contributed by atoms with Crippen molar-refractivity contribution >= 4 is 23.4 Å². The van der Waals surface area contributed by atoms with Gasteiger partial charge < -0.3 is 15.8 Å². The lowest BCUT2D eigenvalue weighted by Crippen LogP contribution is -2.44. The quantitative estimate of drug-likeness (QED) is 0.857. The van der Waals surface area contributed by atoms with Crippen molar-refractivity contribution in [2.24, 2.45) is 11.7 Å². The first kappa shape index (κ1) is 16.3. The Morgan fingerprint density at radius 1 is 1.32 bits per heavy atom. The molecule has 2 aromatic rings. The second kappa shape index (κ2) is 5.70. The maximum absolute atomic E-state index is 11.6. The fourth-order valence-electron chi connectivity index (χ4n) is 4.13. The van der Waals surface area contributed by atoms with E-state index < -0.39 is 0 Å². The van der Waals surface area contributed by atoms with Gasteiger partial charge in [-0.2, -0.15) is 0 Å². The molecule has 0 aromatic heterocycles. The van der Waals surface area contributed by atoms with Crippen LogP contribution in [0, 0.1) is 5.92 Å². The number of anilines is 1. The molecular weight excluding hydrogens is 332 g/mol. The van der Waals surface area contributed by atoms with Gasteiger partial charge in [-0.15, -0.1) is 11.8 Å². The molecule has 0 radical (unpaired) electrons. The maximum Gasteiger partial charge on any atom is 0.248 e. The lowest BCUT2D eigenvalue weighted by atomic mass is 9.66. The number of amides is 1. The number of methoxy groups -OCH3 is 1. The van der Waals surface area contributed by atoms with Crippen LogP contribution in [0.5, 0.6) is 5.75 Å². The summed E-state index contributed by atoms with van der Waals surface area (Å²) in [4.78, 5) is 12.9. The predicted octanol–water partition coefficient (Wildman–Crippen LogP) is 3.96. The third-order valence-corrected chi connectivity index (χ3v) is 6.81. The van der Waals surface area contributed by atoms with Gasteiger partial charge >= 0.3 is 0 Å². The van der Waals surface area contributed by atoms with Crippen molar-refractivity contribution < 1.29 is 9.53 Å². The van der Waals surface area contributed by atoms with Crippen molar-refractivity contribution in [3.63, 3.8) is 0 Å². The summed E-state index contributed by atoms with van der Waals surface area (Å²) in [6.45, 7) is 4.52. The standard InChI is InChI=1S/C20H22N2O2S/c1-20(2)12-9-11(19(21)23)7-8-14(12)22-18-13(20)10-25-16-6-4-5-15(24-3)17(16)18/h4-9,13,18,22H,10H2,1-3H3,(H2,21,23). The van der Waals surface area contributed by atoms with Gasteiger partial charge in [0.05, 0.1) is 13.2 Å². The molecule has 2 aliphatic heterocycles. The molecule has 0 spiro atoms. The molecule has 0 saturated carbocycles. The van der Waals surface area contributed by atoms with Crippen molar-refractivity contribution in [3.8, 4) is 5.75 Å². The number of fused-ring (bicyclic) bond motifs is 4. The zero-order chi connectivity index (χ0) is 17.8.